The average Bonchev–Trinajstić information content (AvgIpc) is 2.90. The number of carbonyl (C=O) groups excluding carboxylic acids is 1. The Bertz CT molecular complexity index is 1050. The van der Waals surface area contributed by atoms with Gasteiger partial charge < -0.3 is 29.3 Å². The van der Waals surface area contributed by atoms with Crippen molar-refractivity contribution in [3.63, 3.8) is 0 Å². The summed E-state index contributed by atoms with van der Waals surface area (Å²) in [6.45, 7) is 9.34. The van der Waals surface area contributed by atoms with Crippen molar-refractivity contribution in [3.8, 4) is 6.07 Å². The fourth-order valence-corrected chi connectivity index (χ4v) is 4.04. The number of ether oxygens (including phenoxy) is 2. The zero-order valence-electron chi connectivity index (χ0n) is 21.2. The number of carbonyl (C=O) groups is 1. The molecule has 1 amide bonds. The van der Waals surface area contributed by atoms with Crippen LogP contribution in [-0.2, 0) is 20.8 Å². The number of rotatable bonds is 11. The summed E-state index contributed by atoms with van der Waals surface area (Å²) in [5.74, 6) is 0.631. The van der Waals surface area contributed by atoms with Crippen LogP contribution in [0.25, 0.3) is 0 Å². The van der Waals surface area contributed by atoms with Crippen LogP contribution in [0.2, 0.25) is 0 Å². The number of aliphatic imine (C=N–C) groups is 1. The van der Waals surface area contributed by atoms with E-state index in [4.69, 9.17) is 9.47 Å². The molecule has 0 radical (unpaired) electrons. The molecule has 0 spiro atoms. The van der Waals surface area contributed by atoms with Crippen LogP contribution in [-0.4, -0.2) is 72.3 Å². The van der Waals surface area contributed by atoms with E-state index in [2.05, 4.69) is 17.8 Å². The summed E-state index contributed by atoms with van der Waals surface area (Å²) in [5, 5.41) is 18.9. The highest BCUT2D eigenvalue weighted by Gasteiger charge is 2.32. The summed E-state index contributed by atoms with van der Waals surface area (Å²) in [7, 11) is 0. The standard InChI is InChI=1S/C27H35N5O4/c1-4-30-18-35-19-31(14-7-15-33)27(34)25(26(30)29-3)32(17-22-12-10-21(2)11-13-22)20-36-24-9-6-5-8-23(24)16-28/h6,9-13,33H,3-5,7-8,14-15,17-20H2,1-2H3/b26-25+. The molecule has 0 bridgehead atoms. The topological polar surface area (TPSA) is 102 Å². The Morgan fingerprint density at radius 3 is 2.69 bits per heavy atom. The van der Waals surface area contributed by atoms with E-state index >= 15 is 0 Å². The molecular formula is C27H35N5O4. The maximum absolute atomic E-state index is 13.9. The summed E-state index contributed by atoms with van der Waals surface area (Å²) in [6, 6.07) is 10.3. The van der Waals surface area contributed by atoms with Gasteiger partial charge in [-0.15, -0.1) is 0 Å². The molecule has 2 aliphatic rings. The highest BCUT2D eigenvalue weighted by Crippen LogP contribution is 2.25. The van der Waals surface area contributed by atoms with E-state index in [9.17, 15) is 15.2 Å². The first-order valence-corrected chi connectivity index (χ1v) is 12.2. The third-order valence-electron chi connectivity index (χ3n) is 6.06. The first-order valence-electron chi connectivity index (χ1n) is 12.2. The van der Waals surface area contributed by atoms with Gasteiger partial charge in [-0.3, -0.25) is 4.79 Å². The van der Waals surface area contributed by atoms with Crippen LogP contribution in [0.1, 0.15) is 37.3 Å². The molecule has 1 aliphatic carbocycles. The van der Waals surface area contributed by atoms with Crippen molar-refractivity contribution in [1.82, 2.24) is 14.7 Å². The monoisotopic (exact) mass is 493 g/mol. The SMILES string of the molecule is C=N/C1=C(\N(COC2=C(C#N)CCC=C2)Cc2ccc(C)cc2)C(=O)N(CCCO)COCN1CC. The molecule has 0 unspecified atom stereocenters. The quantitative estimate of drug-likeness (QED) is 0.373. The van der Waals surface area contributed by atoms with Gasteiger partial charge >= 0.3 is 0 Å². The molecular weight excluding hydrogens is 458 g/mol. The highest BCUT2D eigenvalue weighted by molar-refractivity contribution is 5.93. The normalized spacial score (nSPS) is 18.6. The molecule has 1 aromatic carbocycles. The number of nitrogens with zero attached hydrogens (tertiary/aromatic N) is 5. The number of allylic oxidation sites excluding steroid dienone is 3. The Labute approximate surface area is 213 Å². The second kappa shape index (κ2) is 13.5. The van der Waals surface area contributed by atoms with Gasteiger partial charge in [0.25, 0.3) is 5.91 Å². The molecule has 0 aromatic heterocycles. The summed E-state index contributed by atoms with van der Waals surface area (Å²) < 4.78 is 11.9. The van der Waals surface area contributed by atoms with Crippen molar-refractivity contribution in [2.75, 3.05) is 39.9 Å². The van der Waals surface area contributed by atoms with E-state index in [1.165, 1.54) is 0 Å². The van der Waals surface area contributed by atoms with Crippen LogP contribution in [0.15, 0.2) is 64.3 Å². The zero-order valence-corrected chi connectivity index (χ0v) is 21.2. The van der Waals surface area contributed by atoms with Gasteiger partial charge in [0.2, 0.25) is 0 Å². The molecule has 0 atom stereocenters. The lowest BCUT2D eigenvalue weighted by atomic mass is 10.1. The predicted molar refractivity (Wildman–Crippen MR) is 137 cm³/mol. The third kappa shape index (κ3) is 6.74. The van der Waals surface area contributed by atoms with Crippen LogP contribution >= 0.6 is 0 Å². The number of aliphatic hydroxyl groups is 1. The number of aryl methyl sites for hydroxylation is 1. The minimum absolute atomic E-state index is 0.0328. The fourth-order valence-electron chi connectivity index (χ4n) is 4.04. The minimum atomic E-state index is -0.284. The molecule has 192 valence electrons. The van der Waals surface area contributed by atoms with Crippen LogP contribution in [0.5, 0.6) is 0 Å². The van der Waals surface area contributed by atoms with Crippen molar-refractivity contribution >= 4 is 12.6 Å². The van der Waals surface area contributed by atoms with Crippen molar-refractivity contribution < 1.29 is 19.4 Å². The lowest BCUT2D eigenvalue weighted by Gasteiger charge is -2.37. The van der Waals surface area contributed by atoms with E-state index in [1.54, 1.807) is 4.90 Å². The molecule has 9 heteroatoms. The van der Waals surface area contributed by atoms with Gasteiger partial charge in [0, 0.05) is 26.2 Å². The molecule has 0 saturated carbocycles. The molecule has 36 heavy (non-hydrogen) atoms. The van der Waals surface area contributed by atoms with E-state index < -0.39 is 0 Å². The Hall–Kier alpha value is -3.61. The van der Waals surface area contributed by atoms with Gasteiger partial charge in [0.05, 0.1) is 11.6 Å². The van der Waals surface area contributed by atoms with Gasteiger partial charge in [-0.25, -0.2) is 4.99 Å². The lowest BCUT2D eigenvalue weighted by molar-refractivity contribution is -0.139. The largest absolute Gasteiger partial charge is 0.472 e. The number of nitriles is 1. The van der Waals surface area contributed by atoms with E-state index in [0.29, 0.717) is 55.3 Å². The molecule has 0 saturated heterocycles. The second-order valence-corrected chi connectivity index (χ2v) is 8.65. The fraction of sp³-hybridized carbons (Fsp3) is 0.444. The first kappa shape index (κ1) is 27.0. The molecule has 1 aliphatic heterocycles. The van der Waals surface area contributed by atoms with Crippen LogP contribution in [0, 0.1) is 18.3 Å². The van der Waals surface area contributed by atoms with Gasteiger partial charge in [0.1, 0.15) is 24.9 Å². The first-order chi connectivity index (χ1) is 17.5. The van der Waals surface area contributed by atoms with Crippen molar-refractivity contribution in [2.45, 2.75) is 39.7 Å². The Kier molecular flexibility index (Phi) is 10.1. The van der Waals surface area contributed by atoms with Gasteiger partial charge in [-0.2, -0.15) is 5.26 Å². The zero-order chi connectivity index (χ0) is 25.9. The highest BCUT2D eigenvalue weighted by atomic mass is 16.5. The Balaban J connectivity index is 2.06. The third-order valence-corrected chi connectivity index (χ3v) is 6.06. The Morgan fingerprint density at radius 2 is 2.03 bits per heavy atom. The summed E-state index contributed by atoms with van der Waals surface area (Å²) in [4.78, 5) is 23.4. The molecule has 0 fully saturated rings. The van der Waals surface area contributed by atoms with E-state index in [-0.39, 0.29) is 32.7 Å². The number of amides is 1. The minimum Gasteiger partial charge on any atom is -0.472 e. The number of benzene rings is 1. The van der Waals surface area contributed by atoms with E-state index in [0.717, 1.165) is 17.5 Å². The van der Waals surface area contributed by atoms with Gasteiger partial charge in [-0.1, -0.05) is 35.9 Å². The summed E-state index contributed by atoms with van der Waals surface area (Å²) >= 11 is 0. The van der Waals surface area contributed by atoms with Crippen LogP contribution in [0.3, 0.4) is 0 Å². The van der Waals surface area contributed by atoms with Gasteiger partial charge in [-0.05, 0) is 51.5 Å². The smallest absolute Gasteiger partial charge is 0.275 e. The van der Waals surface area contributed by atoms with Crippen molar-refractivity contribution in [1.29, 1.82) is 5.26 Å². The molecule has 1 heterocycles. The number of aliphatic hydroxyl groups excluding tert-OH is 1. The van der Waals surface area contributed by atoms with Crippen LogP contribution in [0.4, 0.5) is 0 Å². The number of hydrogen-bond donors (Lipinski definition) is 1. The molecule has 1 aromatic rings. The average molecular weight is 494 g/mol. The van der Waals surface area contributed by atoms with Gasteiger partial charge in [0.15, 0.2) is 12.6 Å². The maximum atomic E-state index is 13.9. The number of hydrogen-bond acceptors (Lipinski definition) is 8. The maximum Gasteiger partial charge on any atom is 0.275 e. The second-order valence-electron chi connectivity index (χ2n) is 8.65. The van der Waals surface area contributed by atoms with Crippen molar-refractivity contribution in [2.24, 2.45) is 4.99 Å². The predicted octanol–water partition coefficient (Wildman–Crippen LogP) is 3.25. The lowest BCUT2D eigenvalue weighted by Crippen LogP contribution is -2.46. The summed E-state index contributed by atoms with van der Waals surface area (Å²) in [5.41, 5.74) is 3.05. The molecule has 1 N–H and O–H groups in total. The Morgan fingerprint density at radius 1 is 1.28 bits per heavy atom. The van der Waals surface area contributed by atoms with Crippen LogP contribution < -0.4 is 0 Å². The molecule has 9 nitrogen and oxygen atoms in total. The van der Waals surface area contributed by atoms with Crippen molar-refractivity contribution in [3.05, 3.63) is 70.4 Å². The van der Waals surface area contributed by atoms with E-state index in [1.807, 2.05) is 60.1 Å². The summed E-state index contributed by atoms with van der Waals surface area (Å²) in [6.07, 6.45) is 5.63. The molecule has 3 rings (SSSR count).